The van der Waals surface area contributed by atoms with Crippen LogP contribution in [0.4, 0.5) is 0 Å². The van der Waals surface area contributed by atoms with Crippen LogP contribution in [0.25, 0.3) is 6.08 Å². The maximum absolute atomic E-state index is 12.5. The number of carbonyl (C=O) groups is 1. The Labute approximate surface area is 161 Å². The van der Waals surface area contributed by atoms with E-state index in [0.717, 1.165) is 11.6 Å². The molecule has 0 fully saturated rings. The minimum atomic E-state index is -0.840. The number of phenols is 2. The molecule has 0 amide bonds. The van der Waals surface area contributed by atoms with Gasteiger partial charge < -0.3 is 29.5 Å². The summed E-state index contributed by atoms with van der Waals surface area (Å²) in [6.07, 6.45) is 3.01. The number of hydrogen-bond acceptors (Lipinski definition) is 7. The van der Waals surface area contributed by atoms with Gasteiger partial charge in [0.15, 0.2) is 17.3 Å². The lowest BCUT2D eigenvalue weighted by Gasteiger charge is -2.32. The van der Waals surface area contributed by atoms with Gasteiger partial charge in [-0.05, 0) is 30.7 Å². The predicted octanol–water partition coefficient (Wildman–Crippen LogP) is 2.97. The van der Waals surface area contributed by atoms with Crippen LogP contribution in [0.5, 0.6) is 28.7 Å². The molecule has 0 unspecified atom stereocenters. The topological polar surface area (TPSA) is 105 Å². The summed E-state index contributed by atoms with van der Waals surface area (Å²) < 4.78 is 17.3. The normalized spacial score (nSPS) is 22.7. The van der Waals surface area contributed by atoms with Gasteiger partial charge in [0, 0.05) is 17.7 Å². The van der Waals surface area contributed by atoms with E-state index in [4.69, 9.17) is 14.2 Å². The van der Waals surface area contributed by atoms with Crippen molar-refractivity contribution in [2.24, 2.45) is 0 Å². The molecule has 0 bridgehead atoms. The van der Waals surface area contributed by atoms with Crippen molar-refractivity contribution in [3.63, 3.8) is 0 Å². The first-order chi connectivity index (χ1) is 13.3. The van der Waals surface area contributed by atoms with Crippen molar-refractivity contribution in [1.82, 2.24) is 0 Å². The zero-order valence-electron chi connectivity index (χ0n) is 15.4. The summed E-state index contributed by atoms with van der Waals surface area (Å²) in [4.78, 5) is 12.5. The molecule has 0 saturated heterocycles. The summed E-state index contributed by atoms with van der Waals surface area (Å²) in [5.74, 6) is 0.323. The Morgan fingerprint density at radius 2 is 2.04 bits per heavy atom. The zero-order valence-corrected chi connectivity index (χ0v) is 15.4. The van der Waals surface area contributed by atoms with Crippen LogP contribution in [-0.2, 0) is 0 Å². The van der Waals surface area contributed by atoms with Crippen LogP contribution in [0.1, 0.15) is 40.9 Å². The molecule has 7 nitrogen and oxygen atoms in total. The number of rotatable bonds is 3. The molecule has 4 rings (SSSR count). The minimum Gasteiger partial charge on any atom is -0.508 e. The molecule has 146 valence electrons. The minimum absolute atomic E-state index is 0.0339. The molecule has 7 heteroatoms. The third kappa shape index (κ3) is 2.93. The van der Waals surface area contributed by atoms with Crippen LogP contribution in [-0.4, -0.2) is 40.4 Å². The van der Waals surface area contributed by atoms with E-state index in [1.165, 1.54) is 13.2 Å². The zero-order chi connectivity index (χ0) is 20.1. The number of ether oxygens (including phenoxy) is 3. The van der Waals surface area contributed by atoms with E-state index in [1.54, 1.807) is 19.1 Å². The first-order valence-electron chi connectivity index (χ1n) is 8.80. The molecular weight excluding hydrogens is 364 g/mol. The summed E-state index contributed by atoms with van der Waals surface area (Å²) in [5.41, 5.74) is 0.660. The lowest BCUT2D eigenvalue weighted by atomic mass is 9.93. The highest BCUT2D eigenvalue weighted by atomic mass is 16.5. The van der Waals surface area contributed by atoms with Gasteiger partial charge in [-0.25, -0.2) is 0 Å². The Kier molecular flexibility index (Phi) is 4.19. The van der Waals surface area contributed by atoms with Crippen molar-refractivity contribution in [1.29, 1.82) is 0 Å². The van der Waals surface area contributed by atoms with E-state index in [-0.39, 0.29) is 41.6 Å². The molecule has 2 atom stereocenters. The molecule has 0 aliphatic carbocycles. The highest BCUT2D eigenvalue weighted by molar-refractivity contribution is 6.02. The molecule has 0 aromatic heterocycles. The maximum atomic E-state index is 12.5. The van der Waals surface area contributed by atoms with Crippen molar-refractivity contribution in [2.45, 2.75) is 25.0 Å². The summed E-state index contributed by atoms with van der Waals surface area (Å²) in [6, 6.07) is 5.98. The number of aliphatic hydroxyl groups excluding tert-OH is 1. The van der Waals surface area contributed by atoms with Crippen LogP contribution in [0.3, 0.4) is 0 Å². The Morgan fingerprint density at radius 1 is 1.25 bits per heavy atom. The molecule has 28 heavy (non-hydrogen) atoms. The van der Waals surface area contributed by atoms with Crippen molar-refractivity contribution in [2.75, 3.05) is 13.7 Å². The number of carbonyl (C=O) groups excluding carboxylic acids is 1. The first-order valence-corrected chi connectivity index (χ1v) is 8.80. The third-order valence-electron chi connectivity index (χ3n) is 4.95. The second-order valence-corrected chi connectivity index (χ2v) is 7.12. The van der Waals surface area contributed by atoms with Crippen molar-refractivity contribution < 1.29 is 34.3 Å². The number of benzene rings is 2. The molecule has 0 spiro atoms. The number of methoxy groups -OCH3 is 1. The Hall–Kier alpha value is -3.19. The van der Waals surface area contributed by atoms with Crippen LogP contribution < -0.4 is 14.2 Å². The summed E-state index contributed by atoms with van der Waals surface area (Å²) >= 11 is 0. The van der Waals surface area contributed by atoms with Crippen LogP contribution >= 0.6 is 0 Å². The molecule has 3 N–H and O–H groups in total. The fourth-order valence-electron chi connectivity index (χ4n) is 3.45. The second-order valence-electron chi connectivity index (χ2n) is 7.12. The number of aliphatic hydroxyl groups is 1. The predicted molar refractivity (Wildman–Crippen MR) is 100 cm³/mol. The monoisotopic (exact) mass is 384 g/mol. The van der Waals surface area contributed by atoms with E-state index in [9.17, 15) is 20.1 Å². The fourth-order valence-corrected chi connectivity index (χ4v) is 3.45. The van der Waals surface area contributed by atoms with Gasteiger partial charge in [0.05, 0.1) is 20.1 Å². The third-order valence-corrected chi connectivity index (χ3v) is 4.95. The average Bonchev–Trinajstić information content (AvgIpc) is 2.66. The Bertz CT molecular complexity index is 995. The molecule has 0 radical (unpaired) electrons. The second kappa shape index (κ2) is 6.45. The fraction of sp³-hybridized carbons (Fsp3) is 0.286. The summed E-state index contributed by atoms with van der Waals surface area (Å²) in [6.45, 7) is 1.58. The van der Waals surface area contributed by atoms with Crippen LogP contribution in [0.2, 0.25) is 0 Å². The van der Waals surface area contributed by atoms with Gasteiger partial charge in [0.25, 0.3) is 0 Å². The quantitative estimate of drug-likeness (QED) is 0.747. The summed E-state index contributed by atoms with van der Waals surface area (Å²) in [7, 11) is 1.51. The van der Waals surface area contributed by atoms with Gasteiger partial charge in [-0.15, -0.1) is 0 Å². The highest BCUT2D eigenvalue weighted by Gasteiger charge is 2.33. The number of ketones is 1. The van der Waals surface area contributed by atoms with Crippen molar-refractivity contribution >= 4 is 11.9 Å². The van der Waals surface area contributed by atoms with E-state index >= 15 is 0 Å². The highest BCUT2D eigenvalue weighted by Crippen LogP contribution is 2.45. The molecule has 2 aromatic rings. The van der Waals surface area contributed by atoms with E-state index in [0.29, 0.717) is 17.1 Å². The first kappa shape index (κ1) is 18.2. The molecule has 2 aromatic carbocycles. The smallest absolute Gasteiger partial charge is 0.174 e. The maximum Gasteiger partial charge on any atom is 0.174 e. The number of hydrogen-bond donors (Lipinski definition) is 3. The van der Waals surface area contributed by atoms with Crippen molar-refractivity contribution in [3.8, 4) is 28.7 Å². The largest absolute Gasteiger partial charge is 0.508 e. The summed E-state index contributed by atoms with van der Waals surface area (Å²) in [5, 5.41) is 29.2. The van der Waals surface area contributed by atoms with Gasteiger partial charge >= 0.3 is 0 Å². The van der Waals surface area contributed by atoms with Crippen LogP contribution in [0, 0.1) is 0 Å². The van der Waals surface area contributed by atoms with Gasteiger partial charge in [0.2, 0.25) is 0 Å². The SMILES string of the molecule is COc1cc([C@@H]2CC(=O)c3c(O)cc(O)cc3O2)cc2c1O[C@](C)(CO)C=C2. The average molecular weight is 384 g/mol. The molecule has 2 heterocycles. The Morgan fingerprint density at radius 3 is 2.75 bits per heavy atom. The number of Topliss-reactive ketones (excluding diaryl/α,β-unsaturated/α-hetero) is 1. The number of phenolic OH excluding ortho intramolecular Hbond substituents is 2. The molecule has 0 saturated carbocycles. The van der Waals surface area contributed by atoms with E-state index in [2.05, 4.69) is 0 Å². The van der Waals surface area contributed by atoms with E-state index < -0.39 is 11.7 Å². The Balaban J connectivity index is 1.74. The van der Waals surface area contributed by atoms with Gasteiger partial charge in [-0.1, -0.05) is 6.08 Å². The van der Waals surface area contributed by atoms with E-state index in [1.807, 2.05) is 12.1 Å². The lowest BCUT2D eigenvalue weighted by Crippen LogP contribution is -2.36. The van der Waals surface area contributed by atoms with Gasteiger partial charge in [-0.2, -0.15) is 0 Å². The lowest BCUT2D eigenvalue weighted by molar-refractivity contribution is 0.0613. The van der Waals surface area contributed by atoms with Crippen LogP contribution in [0.15, 0.2) is 30.3 Å². The van der Waals surface area contributed by atoms with Gasteiger partial charge in [-0.3, -0.25) is 4.79 Å². The van der Waals surface area contributed by atoms with Crippen molar-refractivity contribution in [3.05, 3.63) is 47.0 Å². The molecule has 2 aliphatic heterocycles. The van der Waals surface area contributed by atoms with Gasteiger partial charge in [0.1, 0.15) is 34.5 Å². The molecule has 2 aliphatic rings. The number of fused-ring (bicyclic) bond motifs is 2. The standard InChI is InChI=1S/C21H20O7/c1-21(10-22)4-3-11-5-12(6-18(26-2)20(11)28-21)16-9-15(25)19-14(24)7-13(23)8-17(19)27-16/h3-8,16,22-24H,9-10H2,1-2H3/t16-,21-/m0/s1. The number of aromatic hydroxyl groups is 2. The molecular formula is C21H20O7.